The molecule has 5 rings (SSSR count). The topological polar surface area (TPSA) is 57.7 Å². The van der Waals surface area contributed by atoms with Crippen molar-refractivity contribution in [2.24, 2.45) is 0 Å². The predicted octanol–water partition coefficient (Wildman–Crippen LogP) is 6.98. The minimum atomic E-state index is -0.489. The molecule has 3 aromatic carbocycles. The van der Waals surface area contributed by atoms with Crippen LogP contribution >= 0.6 is 0 Å². The highest BCUT2D eigenvalue weighted by atomic mass is 16.5. The van der Waals surface area contributed by atoms with Gasteiger partial charge in [0.1, 0.15) is 23.4 Å². The molecular weight excluding hydrogens is 612 g/mol. The first-order valence-electron chi connectivity index (χ1n) is 18.5. The van der Waals surface area contributed by atoms with Gasteiger partial charge in [0.2, 0.25) is 0 Å². The van der Waals surface area contributed by atoms with E-state index in [1.54, 1.807) is 7.11 Å². The summed E-state index contributed by atoms with van der Waals surface area (Å²) in [5, 5.41) is 0. The van der Waals surface area contributed by atoms with Crippen molar-refractivity contribution in [2.75, 3.05) is 73.7 Å². The molecule has 0 saturated carbocycles. The molecule has 8 nitrogen and oxygen atoms in total. The summed E-state index contributed by atoms with van der Waals surface area (Å²) >= 11 is 0. The van der Waals surface area contributed by atoms with Gasteiger partial charge in [-0.1, -0.05) is 37.1 Å². The summed E-state index contributed by atoms with van der Waals surface area (Å²) in [6.07, 6.45) is 9.53. The fourth-order valence-corrected chi connectivity index (χ4v) is 7.18. The van der Waals surface area contributed by atoms with Gasteiger partial charge in [0.05, 0.1) is 20.3 Å². The standard InChI is InChI=1S/C41H58N4O4/c1-42(32-34-14-10-16-38(30-34)48-28-12-26-44-22-6-4-7-23-44)41(40(46)36-18-20-37(47-3)21-19-36)43(2)33-35-15-11-17-39(31-35)49-29-13-27-45-24-8-5-9-25-45/h10-11,14-21,30-31,41H,4-9,12-13,22-29,32-33H2,1-3H3. The van der Waals surface area contributed by atoms with Crippen molar-refractivity contribution in [3.05, 3.63) is 89.5 Å². The molecule has 0 amide bonds. The number of likely N-dealkylation sites (N-methyl/N-ethyl adjacent to an activating group) is 2. The maximum absolute atomic E-state index is 14.2. The summed E-state index contributed by atoms with van der Waals surface area (Å²) in [7, 11) is 5.69. The third-order valence-corrected chi connectivity index (χ3v) is 9.78. The van der Waals surface area contributed by atoms with Crippen LogP contribution in [-0.2, 0) is 13.1 Å². The van der Waals surface area contributed by atoms with Crippen molar-refractivity contribution < 1.29 is 19.0 Å². The third kappa shape index (κ3) is 11.8. The monoisotopic (exact) mass is 670 g/mol. The molecule has 0 radical (unpaired) electrons. The summed E-state index contributed by atoms with van der Waals surface area (Å²) in [5.74, 6) is 2.53. The number of ether oxygens (including phenoxy) is 3. The summed E-state index contributed by atoms with van der Waals surface area (Å²) in [6, 6.07) is 24.0. The normalized spacial score (nSPS) is 16.0. The lowest BCUT2D eigenvalue weighted by molar-refractivity contribution is 0.0487. The number of hydrogen-bond donors (Lipinski definition) is 0. The van der Waals surface area contributed by atoms with Gasteiger partial charge in [-0.05, 0) is 138 Å². The Morgan fingerprint density at radius 2 is 1.12 bits per heavy atom. The van der Waals surface area contributed by atoms with Crippen molar-refractivity contribution in [1.29, 1.82) is 0 Å². The molecular formula is C41H58N4O4. The van der Waals surface area contributed by atoms with E-state index in [0.717, 1.165) is 54.3 Å². The molecule has 8 heteroatoms. The number of Topliss-reactive ketones (excluding diaryl/α,β-unsaturated/α-hetero) is 1. The number of likely N-dealkylation sites (tertiary alicyclic amines) is 2. The second-order valence-corrected chi connectivity index (χ2v) is 13.8. The molecule has 0 atom stereocenters. The average Bonchev–Trinajstić information content (AvgIpc) is 3.13. The van der Waals surface area contributed by atoms with Crippen LogP contribution in [0.4, 0.5) is 0 Å². The molecule has 0 bridgehead atoms. The molecule has 0 spiro atoms. The first-order chi connectivity index (χ1) is 24.0. The van der Waals surface area contributed by atoms with Crippen molar-refractivity contribution in [2.45, 2.75) is 70.6 Å². The third-order valence-electron chi connectivity index (χ3n) is 9.78. The number of nitrogens with zero attached hydrogens (tertiary/aromatic N) is 4. The summed E-state index contributed by atoms with van der Waals surface area (Å²) in [5.41, 5.74) is 2.87. The Labute approximate surface area is 294 Å². The smallest absolute Gasteiger partial charge is 0.194 e. The summed E-state index contributed by atoms with van der Waals surface area (Å²) in [6.45, 7) is 9.65. The number of hydrogen-bond acceptors (Lipinski definition) is 8. The van der Waals surface area contributed by atoms with E-state index in [1.165, 1.54) is 64.7 Å². The van der Waals surface area contributed by atoms with Crippen LogP contribution in [0.15, 0.2) is 72.8 Å². The van der Waals surface area contributed by atoms with E-state index in [0.29, 0.717) is 31.9 Å². The van der Waals surface area contributed by atoms with E-state index >= 15 is 0 Å². The van der Waals surface area contributed by atoms with Crippen molar-refractivity contribution in [3.8, 4) is 17.2 Å². The van der Waals surface area contributed by atoms with Gasteiger partial charge in [0.15, 0.2) is 5.78 Å². The lowest BCUT2D eigenvalue weighted by atomic mass is 10.1. The fraction of sp³-hybridized carbons (Fsp3) is 0.537. The zero-order valence-corrected chi connectivity index (χ0v) is 30.2. The van der Waals surface area contributed by atoms with Crippen LogP contribution in [0.25, 0.3) is 0 Å². The van der Waals surface area contributed by atoms with Crippen LogP contribution in [0, 0.1) is 0 Å². The number of methoxy groups -OCH3 is 1. The Bertz CT molecular complexity index is 1330. The van der Waals surface area contributed by atoms with Gasteiger partial charge in [-0.15, -0.1) is 0 Å². The largest absolute Gasteiger partial charge is 0.497 e. The Kier molecular flexibility index (Phi) is 14.8. The molecule has 266 valence electrons. The molecule has 0 unspecified atom stereocenters. The number of piperidine rings is 2. The van der Waals surface area contributed by atoms with Crippen LogP contribution in [0.5, 0.6) is 17.2 Å². The van der Waals surface area contributed by atoms with Gasteiger partial charge in [-0.3, -0.25) is 14.6 Å². The molecule has 2 saturated heterocycles. The van der Waals surface area contributed by atoms with E-state index in [2.05, 4.69) is 43.9 Å². The van der Waals surface area contributed by atoms with E-state index in [1.807, 2.05) is 62.6 Å². The molecule has 0 N–H and O–H groups in total. The van der Waals surface area contributed by atoms with Crippen LogP contribution in [0.2, 0.25) is 0 Å². The number of carbonyl (C=O) groups is 1. The first-order valence-corrected chi connectivity index (χ1v) is 18.5. The predicted molar refractivity (Wildman–Crippen MR) is 198 cm³/mol. The van der Waals surface area contributed by atoms with E-state index in [-0.39, 0.29) is 5.78 Å². The van der Waals surface area contributed by atoms with Gasteiger partial charge < -0.3 is 24.0 Å². The van der Waals surface area contributed by atoms with Crippen LogP contribution in [-0.4, -0.2) is 105 Å². The van der Waals surface area contributed by atoms with E-state index in [9.17, 15) is 4.79 Å². The molecule has 2 aliphatic rings. The molecule has 2 aliphatic heterocycles. The lowest BCUT2D eigenvalue weighted by Gasteiger charge is -2.34. The minimum absolute atomic E-state index is 0.0443. The highest BCUT2D eigenvalue weighted by Crippen LogP contribution is 2.22. The molecule has 0 aromatic heterocycles. The zero-order valence-electron chi connectivity index (χ0n) is 30.2. The number of rotatable bonds is 19. The van der Waals surface area contributed by atoms with E-state index in [4.69, 9.17) is 14.2 Å². The van der Waals surface area contributed by atoms with Crippen LogP contribution in [0.3, 0.4) is 0 Å². The first kappa shape index (κ1) is 36.8. The molecule has 49 heavy (non-hydrogen) atoms. The fourth-order valence-electron chi connectivity index (χ4n) is 7.18. The second-order valence-electron chi connectivity index (χ2n) is 13.8. The van der Waals surface area contributed by atoms with Gasteiger partial charge in [-0.2, -0.15) is 0 Å². The Morgan fingerprint density at radius 1 is 0.653 bits per heavy atom. The molecule has 2 fully saturated rings. The van der Waals surface area contributed by atoms with Gasteiger partial charge in [0, 0.05) is 31.7 Å². The van der Waals surface area contributed by atoms with Crippen molar-refractivity contribution in [3.63, 3.8) is 0 Å². The van der Waals surface area contributed by atoms with E-state index < -0.39 is 6.17 Å². The van der Waals surface area contributed by atoms with Crippen LogP contribution < -0.4 is 14.2 Å². The maximum atomic E-state index is 14.2. The number of ketones is 1. The molecule has 0 aliphatic carbocycles. The Balaban J connectivity index is 1.21. The Hall–Kier alpha value is -3.43. The lowest BCUT2D eigenvalue weighted by Crippen LogP contribution is -2.49. The second kappa shape index (κ2) is 19.7. The maximum Gasteiger partial charge on any atom is 0.194 e. The Morgan fingerprint density at radius 3 is 1.57 bits per heavy atom. The number of benzene rings is 3. The van der Waals surface area contributed by atoms with Gasteiger partial charge in [-0.25, -0.2) is 0 Å². The highest BCUT2D eigenvalue weighted by Gasteiger charge is 2.29. The minimum Gasteiger partial charge on any atom is -0.497 e. The molecule has 2 heterocycles. The molecule has 3 aromatic rings. The average molecular weight is 671 g/mol. The number of carbonyl (C=O) groups excluding carboxylic acids is 1. The SMILES string of the molecule is COc1ccc(C(=O)C(N(C)Cc2cccc(OCCCN3CCCCC3)c2)N(C)Cc2cccc(OCCCN3CCCCC3)c2)cc1. The summed E-state index contributed by atoms with van der Waals surface area (Å²) < 4.78 is 17.7. The van der Waals surface area contributed by atoms with Crippen LogP contribution in [0.1, 0.15) is 72.9 Å². The summed E-state index contributed by atoms with van der Waals surface area (Å²) in [4.78, 5) is 23.5. The van der Waals surface area contributed by atoms with Crippen molar-refractivity contribution in [1.82, 2.24) is 19.6 Å². The quantitative estimate of drug-likeness (QED) is 0.0770. The van der Waals surface area contributed by atoms with Gasteiger partial charge >= 0.3 is 0 Å². The van der Waals surface area contributed by atoms with Gasteiger partial charge in [0.25, 0.3) is 0 Å². The highest BCUT2D eigenvalue weighted by molar-refractivity contribution is 5.99. The van der Waals surface area contributed by atoms with Crippen molar-refractivity contribution >= 4 is 5.78 Å². The zero-order chi connectivity index (χ0) is 34.3.